The molecule has 0 atom stereocenters. The SMILES string of the molecule is COc1ccccc1CN1CCc2nc(SCC(=O)N(C)c3cccc(C)c3)[nH]c(=O)c2C1. The Kier molecular flexibility index (Phi) is 7.15. The Balaban J connectivity index is 1.40. The Labute approximate surface area is 197 Å². The molecule has 1 aliphatic rings. The molecule has 7 nitrogen and oxygen atoms in total. The molecular weight excluding hydrogens is 436 g/mol. The lowest BCUT2D eigenvalue weighted by atomic mass is 10.1. The van der Waals surface area contributed by atoms with E-state index in [4.69, 9.17) is 4.74 Å². The molecule has 172 valence electrons. The van der Waals surface area contributed by atoms with Crippen LogP contribution in [0.25, 0.3) is 0 Å². The molecule has 33 heavy (non-hydrogen) atoms. The van der Waals surface area contributed by atoms with E-state index in [1.165, 1.54) is 11.8 Å². The molecule has 0 fully saturated rings. The summed E-state index contributed by atoms with van der Waals surface area (Å²) in [5.41, 5.74) is 4.42. The number of anilines is 1. The zero-order valence-electron chi connectivity index (χ0n) is 19.1. The summed E-state index contributed by atoms with van der Waals surface area (Å²) in [6, 6.07) is 15.7. The van der Waals surface area contributed by atoms with Gasteiger partial charge < -0.3 is 14.6 Å². The predicted molar refractivity (Wildman–Crippen MR) is 131 cm³/mol. The molecular formula is C25H28N4O3S. The summed E-state index contributed by atoms with van der Waals surface area (Å²) in [5.74, 6) is 1.00. The summed E-state index contributed by atoms with van der Waals surface area (Å²) in [5, 5.41) is 0.489. The largest absolute Gasteiger partial charge is 0.496 e. The second-order valence-electron chi connectivity index (χ2n) is 8.15. The minimum atomic E-state index is -0.133. The number of aromatic amines is 1. The van der Waals surface area contributed by atoms with E-state index in [9.17, 15) is 9.59 Å². The molecule has 3 aromatic rings. The summed E-state index contributed by atoms with van der Waals surface area (Å²) in [4.78, 5) is 36.8. The van der Waals surface area contributed by atoms with Crippen LogP contribution < -0.4 is 15.2 Å². The average molecular weight is 465 g/mol. The van der Waals surface area contributed by atoms with Crippen molar-refractivity contribution >= 4 is 23.4 Å². The fraction of sp³-hybridized carbons (Fsp3) is 0.320. The first kappa shape index (κ1) is 23.1. The van der Waals surface area contributed by atoms with Crippen molar-refractivity contribution < 1.29 is 9.53 Å². The Morgan fingerprint density at radius 3 is 2.85 bits per heavy atom. The zero-order valence-corrected chi connectivity index (χ0v) is 19.9. The average Bonchev–Trinajstić information content (AvgIpc) is 2.82. The van der Waals surface area contributed by atoms with E-state index in [-0.39, 0.29) is 17.2 Å². The van der Waals surface area contributed by atoms with Crippen LogP contribution >= 0.6 is 11.8 Å². The number of carbonyl (C=O) groups is 1. The first-order valence-electron chi connectivity index (χ1n) is 10.9. The van der Waals surface area contributed by atoms with E-state index in [0.717, 1.165) is 34.8 Å². The smallest absolute Gasteiger partial charge is 0.256 e. The van der Waals surface area contributed by atoms with Crippen LogP contribution in [0.15, 0.2) is 58.5 Å². The molecule has 1 aliphatic heterocycles. The van der Waals surface area contributed by atoms with Gasteiger partial charge in [0.1, 0.15) is 5.75 Å². The van der Waals surface area contributed by atoms with E-state index >= 15 is 0 Å². The van der Waals surface area contributed by atoms with Crippen molar-refractivity contribution in [1.82, 2.24) is 14.9 Å². The van der Waals surface area contributed by atoms with Crippen LogP contribution in [-0.4, -0.2) is 47.2 Å². The van der Waals surface area contributed by atoms with Crippen LogP contribution in [0.5, 0.6) is 5.75 Å². The molecule has 1 aromatic heterocycles. The van der Waals surface area contributed by atoms with Gasteiger partial charge in [-0.25, -0.2) is 4.98 Å². The number of hydrogen-bond donors (Lipinski definition) is 1. The highest BCUT2D eigenvalue weighted by molar-refractivity contribution is 7.99. The Morgan fingerprint density at radius 2 is 2.06 bits per heavy atom. The third-order valence-corrected chi connectivity index (χ3v) is 6.67. The number of nitrogens with one attached hydrogen (secondary N) is 1. The van der Waals surface area contributed by atoms with Crippen molar-refractivity contribution in [3.63, 3.8) is 0 Å². The van der Waals surface area contributed by atoms with E-state index in [0.29, 0.717) is 30.2 Å². The third kappa shape index (κ3) is 5.46. The highest BCUT2D eigenvalue weighted by atomic mass is 32.2. The first-order valence-corrected chi connectivity index (χ1v) is 11.9. The molecule has 2 aromatic carbocycles. The van der Waals surface area contributed by atoms with Crippen LogP contribution in [-0.2, 0) is 24.3 Å². The van der Waals surface area contributed by atoms with Crippen molar-refractivity contribution in [3.8, 4) is 5.75 Å². The third-order valence-electron chi connectivity index (χ3n) is 5.81. The molecule has 2 heterocycles. The van der Waals surface area contributed by atoms with Gasteiger partial charge >= 0.3 is 0 Å². The Morgan fingerprint density at radius 1 is 1.24 bits per heavy atom. The lowest BCUT2D eigenvalue weighted by Gasteiger charge is -2.28. The van der Waals surface area contributed by atoms with Crippen LogP contribution in [0.1, 0.15) is 22.4 Å². The number of rotatable bonds is 7. The molecule has 0 unspecified atom stereocenters. The molecule has 0 bridgehead atoms. The Hall–Kier alpha value is -3.10. The van der Waals surface area contributed by atoms with Gasteiger partial charge in [-0.15, -0.1) is 0 Å². The van der Waals surface area contributed by atoms with Crippen molar-refractivity contribution in [1.29, 1.82) is 0 Å². The Bertz CT molecular complexity index is 1210. The van der Waals surface area contributed by atoms with Gasteiger partial charge in [0.05, 0.1) is 24.1 Å². The minimum absolute atomic E-state index is 0.0473. The van der Waals surface area contributed by atoms with Gasteiger partial charge in [-0.1, -0.05) is 42.1 Å². The monoisotopic (exact) mass is 464 g/mol. The maximum absolute atomic E-state index is 12.8. The number of hydrogen-bond acceptors (Lipinski definition) is 6. The molecule has 0 saturated heterocycles. The number of H-pyrrole nitrogens is 1. The summed E-state index contributed by atoms with van der Waals surface area (Å²) in [6.07, 6.45) is 0.694. The number of thioether (sulfide) groups is 1. The van der Waals surface area contributed by atoms with Crippen LogP contribution in [0.4, 0.5) is 5.69 Å². The number of carbonyl (C=O) groups excluding carboxylic acids is 1. The maximum atomic E-state index is 12.8. The number of aromatic nitrogens is 2. The van der Waals surface area contributed by atoms with E-state index in [2.05, 4.69) is 14.9 Å². The highest BCUT2D eigenvalue weighted by Crippen LogP contribution is 2.24. The lowest BCUT2D eigenvalue weighted by molar-refractivity contribution is -0.115. The summed E-state index contributed by atoms with van der Waals surface area (Å²) < 4.78 is 5.45. The van der Waals surface area contributed by atoms with Crippen LogP contribution in [0.2, 0.25) is 0 Å². The fourth-order valence-electron chi connectivity index (χ4n) is 3.94. The van der Waals surface area contributed by atoms with Crippen molar-refractivity contribution in [3.05, 3.63) is 81.3 Å². The second-order valence-corrected chi connectivity index (χ2v) is 9.11. The lowest BCUT2D eigenvalue weighted by Crippen LogP contribution is -2.35. The fourth-order valence-corrected chi connectivity index (χ4v) is 4.74. The van der Waals surface area contributed by atoms with Gasteiger partial charge in [0.15, 0.2) is 5.16 Å². The van der Waals surface area contributed by atoms with Crippen molar-refractivity contribution in [2.75, 3.05) is 31.4 Å². The maximum Gasteiger partial charge on any atom is 0.256 e. The summed E-state index contributed by atoms with van der Waals surface area (Å²) in [7, 11) is 3.43. The van der Waals surface area contributed by atoms with Crippen molar-refractivity contribution in [2.24, 2.45) is 0 Å². The van der Waals surface area contributed by atoms with Crippen LogP contribution in [0.3, 0.4) is 0 Å². The molecule has 0 spiro atoms. The number of methoxy groups -OCH3 is 1. The molecule has 0 radical (unpaired) electrons. The summed E-state index contributed by atoms with van der Waals surface area (Å²) >= 11 is 1.26. The number of para-hydroxylation sites is 1. The van der Waals surface area contributed by atoms with Gasteiger partial charge in [0, 0.05) is 44.4 Å². The van der Waals surface area contributed by atoms with E-state index in [1.807, 2.05) is 55.5 Å². The topological polar surface area (TPSA) is 78.5 Å². The second kappa shape index (κ2) is 10.2. The molecule has 0 saturated carbocycles. The summed E-state index contributed by atoms with van der Waals surface area (Å²) in [6.45, 7) is 4.05. The molecule has 4 rings (SSSR count). The van der Waals surface area contributed by atoms with Gasteiger partial charge in [0.2, 0.25) is 5.91 Å². The molecule has 8 heteroatoms. The van der Waals surface area contributed by atoms with Gasteiger partial charge in [-0.2, -0.15) is 0 Å². The van der Waals surface area contributed by atoms with Gasteiger partial charge in [-0.3, -0.25) is 14.5 Å². The standard InChI is InChI=1S/C25H28N4O3S/c1-17-7-6-9-19(13-17)28(2)23(30)16-33-25-26-21-11-12-29(15-20(21)24(31)27-25)14-18-8-4-5-10-22(18)32-3/h4-10,13H,11-12,14-16H2,1-3H3,(H,26,27,31). The van der Waals surface area contributed by atoms with Crippen molar-refractivity contribution in [2.45, 2.75) is 31.6 Å². The van der Waals surface area contributed by atoms with E-state index in [1.54, 1.807) is 19.1 Å². The van der Waals surface area contributed by atoms with Gasteiger partial charge in [0.25, 0.3) is 5.56 Å². The number of benzene rings is 2. The number of ether oxygens (including phenoxy) is 1. The first-order chi connectivity index (χ1) is 15.9. The number of nitrogens with zero attached hydrogens (tertiary/aromatic N) is 3. The minimum Gasteiger partial charge on any atom is -0.496 e. The highest BCUT2D eigenvalue weighted by Gasteiger charge is 2.22. The predicted octanol–water partition coefficient (Wildman–Crippen LogP) is 3.40. The van der Waals surface area contributed by atoms with Crippen LogP contribution in [0, 0.1) is 6.92 Å². The van der Waals surface area contributed by atoms with Gasteiger partial charge in [-0.05, 0) is 30.7 Å². The molecule has 0 aliphatic carbocycles. The molecule has 1 amide bonds. The number of fused-ring (bicyclic) bond motifs is 1. The quantitative estimate of drug-likeness (QED) is 0.427. The normalized spacial score (nSPS) is 13.4. The number of amides is 1. The number of aryl methyl sites for hydroxylation is 1. The molecule has 1 N–H and O–H groups in total. The zero-order chi connectivity index (χ0) is 23.4. The van der Waals surface area contributed by atoms with E-state index < -0.39 is 0 Å².